The zero-order valence-corrected chi connectivity index (χ0v) is 17.8. The van der Waals surface area contributed by atoms with E-state index in [-0.39, 0.29) is 18.3 Å². The Bertz CT molecular complexity index is 868. The summed E-state index contributed by atoms with van der Waals surface area (Å²) in [6, 6.07) is 2.86. The number of nitrogens with zero attached hydrogens (tertiary/aromatic N) is 2. The van der Waals surface area contributed by atoms with Crippen LogP contribution in [0.15, 0.2) is 32.9 Å². The molecule has 1 amide bonds. The number of carbonyl (C=O) groups is 2. The Balaban J connectivity index is 2.21. The number of thioether (sulfide) groups is 1. The molecule has 0 spiro atoms. The molecule has 1 saturated heterocycles. The van der Waals surface area contributed by atoms with E-state index in [2.05, 4.69) is 20.9 Å². The monoisotopic (exact) mass is 454 g/mol. The molecule has 1 atom stereocenters. The Hall–Kier alpha value is -2.00. The molecule has 144 valence electrons. The molecule has 0 aliphatic carbocycles. The molecule has 0 unspecified atom stereocenters. The van der Waals surface area contributed by atoms with Gasteiger partial charge >= 0.3 is 5.97 Å². The van der Waals surface area contributed by atoms with Crippen molar-refractivity contribution in [2.45, 2.75) is 19.9 Å². The number of fused-ring (bicyclic) bond motifs is 1. The van der Waals surface area contributed by atoms with Gasteiger partial charge in [0.2, 0.25) is 5.91 Å². The first-order valence-electron chi connectivity index (χ1n) is 8.25. The molecule has 1 aromatic rings. The topological polar surface area (TPSA) is 77.4 Å². The number of hydrogen-bond donors (Lipinski definition) is 0. The van der Waals surface area contributed by atoms with Crippen LogP contribution in [0, 0.1) is 0 Å². The lowest BCUT2D eigenvalue weighted by molar-refractivity contribution is -0.139. The minimum atomic E-state index is -0.659. The van der Waals surface area contributed by atoms with Crippen LogP contribution in [0.3, 0.4) is 0 Å². The van der Waals surface area contributed by atoms with Crippen molar-refractivity contribution in [3.8, 4) is 11.5 Å². The number of benzene rings is 1. The molecular weight excluding hydrogens is 436 g/mol. The van der Waals surface area contributed by atoms with Gasteiger partial charge < -0.3 is 14.2 Å². The Labute approximate surface area is 169 Å². The van der Waals surface area contributed by atoms with Crippen molar-refractivity contribution in [1.29, 1.82) is 0 Å². The van der Waals surface area contributed by atoms with Crippen molar-refractivity contribution in [2.75, 3.05) is 26.6 Å². The first-order chi connectivity index (χ1) is 12.9. The third-order valence-electron chi connectivity index (χ3n) is 4.28. The third kappa shape index (κ3) is 3.45. The zero-order valence-electron chi connectivity index (χ0n) is 15.4. The molecule has 27 heavy (non-hydrogen) atoms. The summed E-state index contributed by atoms with van der Waals surface area (Å²) in [7, 11) is 3.08. The second-order valence-electron chi connectivity index (χ2n) is 5.80. The van der Waals surface area contributed by atoms with E-state index >= 15 is 0 Å². The van der Waals surface area contributed by atoms with Gasteiger partial charge in [-0.2, -0.15) is 0 Å². The first-order valence-corrected chi connectivity index (χ1v) is 10.0. The van der Waals surface area contributed by atoms with Crippen LogP contribution in [0.25, 0.3) is 0 Å². The molecule has 0 saturated carbocycles. The predicted octanol–water partition coefficient (Wildman–Crippen LogP) is 3.29. The molecule has 0 aromatic heterocycles. The van der Waals surface area contributed by atoms with Crippen molar-refractivity contribution in [2.24, 2.45) is 4.99 Å². The number of esters is 1. The molecule has 2 heterocycles. The number of hydrogen-bond acceptors (Lipinski definition) is 7. The highest BCUT2D eigenvalue weighted by Gasteiger charge is 2.44. The number of carbonyl (C=O) groups excluding carboxylic acids is 2. The van der Waals surface area contributed by atoms with Gasteiger partial charge in [-0.25, -0.2) is 9.79 Å². The average molecular weight is 455 g/mol. The Morgan fingerprint density at radius 1 is 1.33 bits per heavy atom. The fourth-order valence-electron chi connectivity index (χ4n) is 3.09. The fourth-order valence-corrected chi connectivity index (χ4v) is 4.56. The van der Waals surface area contributed by atoms with Gasteiger partial charge in [-0.05, 0) is 31.5 Å². The molecule has 2 aliphatic heterocycles. The van der Waals surface area contributed by atoms with E-state index < -0.39 is 12.0 Å². The molecule has 0 bridgehead atoms. The van der Waals surface area contributed by atoms with Crippen LogP contribution >= 0.6 is 27.7 Å². The van der Waals surface area contributed by atoms with Gasteiger partial charge in [0.1, 0.15) is 0 Å². The van der Waals surface area contributed by atoms with Crippen LogP contribution in [-0.4, -0.2) is 48.5 Å². The summed E-state index contributed by atoms with van der Waals surface area (Å²) in [6.07, 6.45) is 0. The number of allylic oxidation sites excluding steroid dienone is 1. The lowest BCUT2D eigenvalue weighted by Crippen LogP contribution is -2.39. The fraction of sp³-hybridized carbons (Fsp3) is 0.389. The van der Waals surface area contributed by atoms with Crippen LogP contribution in [0.4, 0.5) is 0 Å². The highest BCUT2D eigenvalue weighted by Crippen LogP contribution is 2.45. The number of rotatable bonds is 5. The molecule has 1 fully saturated rings. The average Bonchev–Trinajstić information content (AvgIpc) is 3.01. The van der Waals surface area contributed by atoms with Crippen LogP contribution in [0.2, 0.25) is 0 Å². The first kappa shape index (κ1) is 19.8. The van der Waals surface area contributed by atoms with Crippen LogP contribution in [-0.2, 0) is 14.3 Å². The molecule has 0 radical (unpaired) electrons. The molecular formula is C18H19BrN2O5S. The summed E-state index contributed by atoms with van der Waals surface area (Å²) in [6.45, 7) is 3.72. The smallest absolute Gasteiger partial charge is 0.338 e. The maximum Gasteiger partial charge on any atom is 0.338 e. The molecule has 3 rings (SSSR count). The summed E-state index contributed by atoms with van der Waals surface area (Å²) >= 11 is 4.90. The maximum absolute atomic E-state index is 12.7. The standard InChI is InChI=1S/C18H19BrN2O5S/c1-5-26-17(23)15-9(2)20-18-21(14(22)8-27-18)16(15)10-6-12(24-3)13(25-4)7-11(10)19/h6-7,16H,5,8H2,1-4H3/t16-/m1/s1. The van der Waals surface area contributed by atoms with E-state index in [0.717, 1.165) is 0 Å². The number of halogens is 1. The van der Waals surface area contributed by atoms with Gasteiger partial charge in [-0.3, -0.25) is 9.69 Å². The van der Waals surface area contributed by atoms with E-state index in [4.69, 9.17) is 14.2 Å². The van der Waals surface area contributed by atoms with Crippen LogP contribution in [0.5, 0.6) is 11.5 Å². The van der Waals surface area contributed by atoms with E-state index in [1.165, 1.54) is 18.9 Å². The molecule has 9 heteroatoms. The highest BCUT2D eigenvalue weighted by molar-refractivity contribution is 9.10. The van der Waals surface area contributed by atoms with Gasteiger partial charge in [0.15, 0.2) is 16.7 Å². The predicted molar refractivity (Wildman–Crippen MR) is 106 cm³/mol. The summed E-state index contributed by atoms with van der Waals surface area (Å²) in [5.74, 6) is 0.719. The number of amides is 1. The van der Waals surface area contributed by atoms with Crippen LogP contribution in [0.1, 0.15) is 25.5 Å². The second-order valence-corrected chi connectivity index (χ2v) is 7.59. The zero-order chi connectivity index (χ0) is 19.7. The number of amidine groups is 1. The summed E-state index contributed by atoms with van der Waals surface area (Å²) in [5.41, 5.74) is 1.57. The summed E-state index contributed by atoms with van der Waals surface area (Å²) in [4.78, 5) is 31.3. The Morgan fingerprint density at radius 2 is 2.00 bits per heavy atom. The van der Waals surface area contributed by atoms with Gasteiger partial charge in [0.05, 0.1) is 43.9 Å². The molecule has 2 aliphatic rings. The van der Waals surface area contributed by atoms with E-state index in [1.807, 2.05) is 0 Å². The SMILES string of the molecule is CCOC(=O)C1=C(C)N=C2SCC(=O)N2[C@@H]1c1cc(OC)c(OC)cc1Br. The quantitative estimate of drug-likeness (QED) is 0.635. The number of methoxy groups -OCH3 is 2. The summed E-state index contributed by atoms with van der Waals surface area (Å²) in [5, 5.41) is 0.581. The van der Waals surface area contributed by atoms with Gasteiger partial charge in [-0.1, -0.05) is 27.7 Å². The molecule has 0 N–H and O–H groups in total. The lowest BCUT2D eigenvalue weighted by Gasteiger charge is -2.33. The normalized spacial score (nSPS) is 19.0. The third-order valence-corrected chi connectivity index (χ3v) is 5.90. The highest BCUT2D eigenvalue weighted by atomic mass is 79.9. The second kappa shape index (κ2) is 7.93. The van der Waals surface area contributed by atoms with Crippen LogP contribution < -0.4 is 9.47 Å². The Kier molecular flexibility index (Phi) is 5.81. The van der Waals surface area contributed by atoms with Crippen molar-refractivity contribution in [3.05, 3.63) is 33.4 Å². The number of ether oxygens (including phenoxy) is 3. The molecule has 1 aromatic carbocycles. The Morgan fingerprint density at radius 3 is 2.63 bits per heavy atom. The van der Waals surface area contributed by atoms with Crippen molar-refractivity contribution in [3.63, 3.8) is 0 Å². The van der Waals surface area contributed by atoms with Crippen molar-refractivity contribution < 1.29 is 23.8 Å². The largest absolute Gasteiger partial charge is 0.493 e. The van der Waals surface area contributed by atoms with Crippen molar-refractivity contribution >= 4 is 44.7 Å². The van der Waals surface area contributed by atoms with Gasteiger partial charge in [0, 0.05) is 4.47 Å². The minimum Gasteiger partial charge on any atom is -0.493 e. The van der Waals surface area contributed by atoms with E-state index in [9.17, 15) is 9.59 Å². The minimum absolute atomic E-state index is 0.111. The van der Waals surface area contributed by atoms with Crippen molar-refractivity contribution in [1.82, 2.24) is 4.90 Å². The lowest BCUT2D eigenvalue weighted by atomic mass is 9.94. The van der Waals surface area contributed by atoms with E-state index in [1.54, 1.807) is 38.0 Å². The maximum atomic E-state index is 12.7. The van der Waals surface area contributed by atoms with E-state index in [0.29, 0.717) is 38.0 Å². The van der Waals surface area contributed by atoms with Gasteiger partial charge in [-0.15, -0.1) is 0 Å². The summed E-state index contributed by atoms with van der Waals surface area (Å²) < 4.78 is 16.7. The van der Waals surface area contributed by atoms with Gasteiger partial charge in [0.25, 0.3) is 0 Å². The molecule has 7 nitrogen and oxygen atoms in total. The number of aliphatic imine (C=N–C) groups is 1.